The van der Waals surface area contributed by atoms with E-state index in [9.17, 15) is 5.11 Å². The maximum absolute atomic E-state index is 9.20. The number of hydrogen-bond donors (Lipinski definition) is 2. The summed E-state index contributed by atoms with van der Waals surface area (Å²) < 4.78 is 2.97. The smallest absolute Gasteiger partial charge is 0.0739 e. The molecule has 0 aromatic carbocycles. The zero-order valence-corrected chi connectivity index (χ0v) is 11.3. The van der Waals surface area contributed by atoms with Crippen LogP contribution in [0.2, 0.25) is 0 Å². The fourth-order valence-electron chi connectivity index (χ4n) is 1.89. The summed E-state index contributed by atoms with van der Waals surface area (Å²) in [5.41, 5.74) is 2.34. The van der Waals surface area contributed by atoms with Gasteiger partial charge >= 0.3 is 0 Å². The van der Waals surface area contributed by atoms with Gasteiger partial charge in [-0.15, -0.1) is 0 Å². The average Bonchev–Trinajstić information content (AvgIpc) is 2.99. The maximum atomic E-state index is 9.20. The molecule has 1 aromatic heterocycles. The van der Waals surface area contributed by atoms with E-state index in [0.29, 0.717) is 6.61 Å². The van der Waals surface area contributed by atoms with Gasteiger partial charge in [0.25, 0.3) is 0 Å². The lowest BCUT2D eigenvalue weighted by Crippen LogP contribution is -2.27. The Labute approximate surface area is 104 Å². The standard InChI is InChI=1S/C11H18BrN3O/c1-8-10(12)9(15(2)14-8)5-13-6-11(7-16)3-4-11/h13,16H,3-7H2,1-2H3. The van der Waals surface area contributed by atoms with Gasteiger partial charge in [-0.2, -0.15) is 5.10 Å². The number of halogens is 1. The Kier molecular flexibility index (Phi) is 3.37. The van der Waals surface area contributed by atoms with Crippen molar-refractivity contribution in [1.82, 2.24) is 15.1 Å². The Morgan fingerprint density at radius 3 is 2.69 bits per heavy atom. The molecule has 1 aliphatic rings. The molecule has 1 aromatic rings. The largest absolute Gasteiger partial charge is 0.396 e. The quantitative estimate of drug-likeness (QED) is 0.860. The van der Waals surface area contributed by atoms with Crippen LogP contribution in [-0.2, 0) is 13.6 Å². The predicted octanol–water partition coefficient (Wildman–Crippen LogP) is 1.35. The van der Waals surface area contributed by atoms with Crippen molar-refractivity contribution in [3.8, 4) is 0 Å². The van der Waals surface area contributed by atoms with Gasteiger partial charge in [0, 0.05) is 32.2 Å². The third-order valence-corrected chi connectivity index (χ3v) is 4.38. The SMILES string of the molecule is Cc1nn(C)c(CNCC2(CO)CC2)c1Br. The summed E-state index contributed by atoms with van der Waals surface area (Å²) in [6.45, 7) is 3.97. The molecular weight excluding hydrogens is 270 g/mol. The first kappa shape index (κ1) is 12.1. The molecule has 0 amide bonds. The summed E-state index contributed by atoms with van der Waals surface area (Å²) in [6, 6.07) is 0. The molecule has 16 heavy (non-hydrogen) atoms. The zero-order chi connectivity index (χ0) is 11.8. The zero-order valence-electron chi connectivity index (χ0n) is 9.76. The summed E-state index contributed by atoms with van der Waals surface area (Å²) in [5, 5.41) is 16.9. The lowest BCUT2D eigenvalue weighted by atomic mass is 10.1. The van der Waals surface area contributed by atoms with E-state index in [1.54, 1.807) is 0 Å². The number of aliphatic hydroxyl groups excluding tert-OH is 1. The topological polar surface area (TPSA) is 50.1 Å². The molecule has 4 nitrogen and oxygen atoms in total. The van der Waals surface area contributed by atoms with Crippen molar-refractivity contribution in [3.05, 3.63) is 15.9 Å². The van der Waals surface area contributed by atoms with Crippen molar-refractivity contribution >= 4 is 15.9 Å². The van der Waals surface area contributed by atoms with Crippen LogP contribution in [0.3, 0.4) is 0 Å². The van der Waals surface area contributed by atoms with Crippen molar-refractivity contribution in [3.63, 3.8) is 0 Å². The average molecular weight is 288 g/mol. The van der Waals surface area contributed by atoms with Gasteiger partial charge in [-0.25, -0.2) is 0 Å². The van der Waals surface area contributed by atoms with Crippen LogP contribution in [0.5, 0.6) is 0 Å². The summed E-state index contributed by atoms with van der Waals surface area (Å²) in [5.74, 6) is 0. The van der Waals surface area contributed by atoms with Crippen LogP contribution < -0.4 is 5.32 Å². The third kappa shape index (κ3) is 2.31. The lowest BCUT2D eigenvalue weighted by Gasteiger charge is -2.12. The van der Waals surface area contributed by atoms with Crippen molar-refractivity contribution < 1.29 is 5.11 Å². The Morgan fingerprint density at radius 2 is 2.25 bits per heavy atom. The first-order chi connectivity index (χ1) is 7.58. The Morgan fingerprint density at radius 1 is 1.56 bits per heavy atom. The highest BCUT2D eigenvalue weighted by Crippen LogP contribution is 2.44. The van der Waals surface area contributed by atoms with E-state index >= 15 is 0 Å². The van der Waals surface area contributed by atoms with Gasteiger partial charge in [-0.05, 0) is 35.7 Å². The van der Waals surface area contributed by atoms with E-state index in [4.69, 9.17) is 0 Å². The second-order valence-corrected chi connectivity index (χ2v) is 5.52. The van der Waals surface area contributed by atoms with Crippen molar-refractivity contribution in [2.45, 2.75) is 26.3 Å². The van der Waals surface area contributed by atoms with Gasteiger partial charge in [0.05, 0.1) is 15.9 Å². The van der Waals surface area contributed by atoms with Gasteiger partial charge in [0.1, 0.15) is 0 Å². The summed E-state index contributed by atoms with van der Waals surface area (Å²) in [7, 11) is 1.95. The van der Waals surface area contributed by atoms with Crippen molar-refractivity contribution in [1.29, 1.82) is 0 Å². The van der Waals surface area contributed by atoms with Crippen LogP contribution in [0.25, 0.3) is 0 Å². The number of aliphatic hydroxyl groups is 1. The van der Waals surface area contributed by atoms with E-state index in [2.05, 4.69) is 26.3 Å². The second-order valence-electron chi connectivity index (χ2n) is 4.73. The highest BCUT2D eigenvalue weighted by molar-refractivity contribution is 9.10. The Bertz CT molecular complexity index is 385. The fraction of sp³-hybridized carbons (Fsp3) is 0.727. The van der Waals surface area contributed by atoms with Crippen LogP contribution in [-0.4, -0.2) is 28.0 Å². The molecule has 90 valence electrons. The first-order valence-electron chi connectivity index (χ1n) is 5.57. The summed E-state index contributed by atoms with van der Waals surface area (Å²) >= 11 is 3.54. The van der Waals surface area contributed by atoms with Crippen molar-refractivity contribution in [2.75, 3.05) is 13.2 Å². The van der Waals surface area contributed by atoms with E-state index in [1.807, 2.05) is 18.7 Å². The van der Waals surface area contributed by atoms with E-state index in [0.717, 1.165) is 41.8 Å². The molecule has 2 rings (SSSR count). The van der Waals surface area contributed by atoms with Crippen LogP contribution in [0.15, 0.2) is 4.47 Å². The van der Waals surface area contributed by atoms with Gasteiger partial charge < -0.3 is 10.4 Å². The minimum atomic E-state index is 0.167. The van der Waals surface area contributed by atoms with E-state index < -0.39 is 0 Å². The van der Waals surface area contributed by atoms with E-state index in [1.165, 1.54) is 0 Å². The van der Waals surface area contributed by atoms with Gasteiger partial charge in [0.15, 0.2) is 0 Å². The molecular formula is C11H18BrN3O. The first-order valence-corrected chi connectivity index (χ1v) is 6.37. The molecule has 0 bridgehead atoms. The number of aryl methyl sites for hydroxylation is 2. The number of nitrogens with one attached hydrogen (secondary N) is 1. The molecule has 1 fully saturated rings. The minimum absolute atomic E-state index is 0.167. The number of hydrogen-bond acceptors (Lipinski definition) is 3. The van der Waals surface area contributed by atoms with Crippen LogP contribution in [0.1, 0.15) is 24.2 Å². The Balaban J connectivity index is 1.90. The second kappa shape index (κ2) is 4.47. The maximum Gasteiger partial charge on any atom is 0.0739 e. The van der Waals surface area contributed by atoms with E-state index in [-0.39, 0.29) is 5.41 Å². The number of nitrogens with zero attached hydrogens (tertiary/aromatic N) is 2. The molecule has 0 aliphatic heterocycles. The highest BCUT2D eigenvalue weighted by atomic mass is 79.9. The highest BCUT2D eigenvalue weighted by Gasteiger charge is 2.41. The molecule has 1 saturated carbocycles. The molecule has 5 heteroatoms. The monoisotopic (exact) mass is 287 g/mol. The molecule has 1 heterocycles. The molecule has 0 saturated heterocycles. The van der Waals surface area contributed by atoms with Crippen LogP contribution in [0.4, 0.5) is 0 Å². The van der Waals surface area contributed by atoms with Gasteiger partial charge in [0.2, 0.25) is 0 Å². The molecule has 2 N–H and O–H groups in total. The van der Waals surface area contributed by atoms with Crippen LogP contribution in [0, 0.1) is 12.3 Å². The van der Waals surface area contributed by atoms with Gasteiger partial charge in [-0.1, -0.05) is 0 Å². The predicted molar refractivity (Wildman–Crippen MR) is 66.1 cm³/mol. The molecule has 0 atom stereocenters. The third-order valence-electron chi connectivity index (χ3n) is 3.35. The Hall–Kier alpha value is -0.390. The van der Waals surface area contributed by atoms with Crippen LogP contribution >= 0.6 is 15.9 Å². The van der Waals surface area contributed by atoms with Gasteiger partial charge in [-0.3, -0.25) is 4.68 Å². The number of aromatic nitrogens is 2. The minimum Gasteiger partial charge on any atom is -0.396 e. The molecule has 0 spiro atoms. The number of rotatable bonds is 5. The normalized spacial score (nSPS) is 17.8. The fourth-order valence-corrected chi connectivity index (χ4v) is 2.36. The summed E-state index contributed by atoms with van der Waals surface area (Å²) in [4.78, 5) is 0. The summed E-state index contributed by atoms with van der Waals surface area (Å²) in [6.07, 6.45) is 2.28. The molecule has 0 unspecified atom stereocenters. The van der Waals surface area contributed by atoms with Crippen molar-refractivity contribution in [2.24, 2.45) is 12.5 Å². The lowest BCUT2D eigenvalue weighted by molar-refractivity contribution is 0.207. The molecule has 1 aliphatic carbocycles. The molecule has 0 radical (unpaired) electrons.